The number of pyridine rings is 2. The Kier molecular flexibility index (Phi) is 7.54. The lowest BCUT2D eigenvalue weighted by molar-refractivity contribution is 1.29. The normalized spacial score (nSPS) is 12.5. The van der Waals surface area contributed by atoms with Gasteiger partial charge in [-0.25, -0.2) is 0 Å². The van der Waals surface area contributed by atoms with E-state index in [1.165, 1.54) is 131 Å². The zero-order valence-corrected chi connectivity index (χ0v) is 40.3. The van der Waals surface area contributed by atoms with Crippen molar-refractivity contribution in [1.82, 2.24) is 23.2 Å². The molecule has 0 aliphatic heterocycles. The Balaban J connectivity index is 1.07. The van der Waals surface area contributed by atoms with Crippen molar-refractivity contribution in [1.29, 1.82) is 0 Å². The van der Waals surface area contributed by atoms with Gasteiger partial charge < -0.3 is 13.2 Å². The van der Waals surface area contributed by atoms with Crippen molar-refractivity contribution in [2.24, 2.45) is 0 Å². The molecule has 5 nitrogen and oxygen atoms in total. The fourth-order valence-corrected chi connectivity index (χ4v) is 13.5. The van der Waals surface area contributed by atoms with Crippen molar-refractivity contribution in [3.05, 3.63) is 237 Å². The van der Waals surface area contributed by atoms with Crippen LogP contribution in [0, 0.1) is 0 Å². The first-order chi connectivity index (χ1) is 37.2. The molecule has 0 fully saturated rings. The van der Waals surface area contributed by atoms with Crippen molar-refractivity contribution in [3.63, 3.8) is 0 Å². The van der Waals surface area contributed by atoms with E-state index in [1.807, 2.05) is 0 Å². The fourth-order valence-electron chi connectivity index (χ4n) is 13.5. The van der Waals surface area contributed by atoms with Crippen LogP contribution in [-0.4, -0.2) is 23.2 Å². The number of hydrogen-bond acceptors (Lipinski definition) is 2. The Bertz CT molecular complexity index is 5140. The molecule has 10 aromatic carbocycles. The van der Waals surface area contributed by atoms with E-state index in [1.54, 1.807) is 0 Å². The van der Waals surface area contributed by atoms with E-state index >= 15 is 0 Å². The largest absolute Gasteiger partial charge is 0.308 e. The number of rotatable bonds is 5. The van der Waals surface area contributed by atoms with Crippen LogP contribution in [0.25, 0.3) is 170 Å². The lowest BCUT2D eigenvalue weighted by Gasteiger charge is -2.12. The van der Waals surface area contributed by atoms with Gasteiger partial charge in [-0.2, -0.15) is 0 Å². The summed E-state index contributed by atoms with van der Waals surface area (Å²) in [6.45, 7) is 0. The van der Waals surface area contributed by atoms with Gasteiger partial charge in [0.1, 0.15) is 0 Å². The van der Waals surface area contributed by atoms with Crippen LogP contribution >= 0.6 is 0 Å². The summed E-state index contributed by atoms with van der Waals surface area (Å²) in [7, 11) is 0. The molecule has 0 N–H and O–H groups in total. The summed E-state index contributed by atoms with van der Waals surface area (Å²) < 4.78 is 7.63. The van der Waals surface area contributed by atoms with Gasteiger partial charge in [0.2, 0.25) is 0 Å². The van der Waals surface area contributed by atoms with Gasteiger partial charge in [-0.1, -0.05) is 170 Å². The summed E-state index contributed by atoms with van der Waals surface area (Å²) >= 11 is 0. The molecule has 0 aliphatic carbocycles. The van der Waals surface area contributed by atoms with Crippen molar-refractivity contribution in [2.45, 2.75) is 0 Å². The molecular formula is C70H39N5. The van der Waals surface area contributed by atoms with E-state index in [0.29, 0.717) is 0 Å². The zero-order valence-electron chi connectivity index (χ0n) is 40.3. The van der Waals surface area contributed by atoms with Crippen LogP contribution in [0.15, 0.2) is 237 Å². The molecule has 0 atom stereocenters. The molecule has 0 saturated carbocycles. The van der Waals surface area contributed by atoms with Gasteiger partial charge in [0, 0.05) is 81.3 Å². The van der Waals surface area contributed by atoms with Crippen molar-refractivity contribution in [2.75, 3.05) is 0 Å². The van der Waals surface area contributed by atoms with Crippen LogP contribution in [0.4, 0.5) is 0 Å². The van der Waals surface area contributed by atoms with E-state index in [9.17, 15) is 0 Å². The Morgan fingerprint density at radius 2 is 0.627 bits per heavy atom. The number of benzene rings is 10. The predicted octanol–water partition coefficient (Wildman–Crippen LogP) is 18.3. The minimum atomic E-state index is 0.959. The highest BCUT2D eigenvalue weighted by atomic mass is 15.0. The molecule has 8 aromatic heterocycles. The van der Waals surface area contributed by atoms with Gasteiger partial charge in [-0.3, -0.25) is 9.97 Å². The molecule has 0 unspecified atom stereocenters. The highest BCUT2D eigenvalue weighted by Gasteiger charge is 2.29. The molecule has 344 valence electrons. The summed E-state index contributed by atoms with van der Waals surface area (Å²) in [6.07, 6.45) is 4.24. The number of hydrogen-bond donors (Lipinski definition) is 0. The summed E-state index contributed by atoms with van der Waals surface area (Å²) in [5.74, 6) is 0. The quantitative estimate of drug-likeness (QED) is 0.172. The predicted molar refractivity (Wildman–Crippen MR) is 313 cm³/mol. The van der Waals surface area contributed by atoms with E-state index in [4.69, 9.17) is 9.97 Å². The average molecular weight is 950 g/mol. The van der Waals surface area contributed by atoms with Crippen molar-refractivity contribution in [3.8, 4) is 55.9 Å². The van der Waals surface area contributed by atoms with Crippen LogP contribution in [0.1, 0.15) is 0 Å². The van der Waals surface area contributed by atoms with Gasteiger partial charge in [0.15, 0.2) is 0 Å². The third-order valence-corrected chi connectivity index (χ3v) is 16.7. The third-order valence-electron chi connectivity index (χ3n) is 16.7. The highest BCUT2D eigenvalue weighted by molar-refractivity contribution is 6.34. The number of para-hydroxylation sites is 2. The average Bonchev–Trinajstić information content (AvgIpc) is 4.36. The molecule has 5 heteroatoms. The Morgan fingerprint density at radius 3 is 1.15 bits per heavy atom. The van der Waals surface area contributed by atoms with E-state index < -0.39 is 0 Å². The van der Waals surface area contributed by atoms with Crippen LogP contribution in [0.3, 0.4) is 0 Å². The van der Waals surface area contributed by atoms with Gasteiger partial charge in [0.05, 0.1) is 73.4 Å². The first-order valence-electron chi connectivity index (χ1n) is 25.8. The first kappa shape index (κ1) is 39.5. The molecule has 0 saturated heterocycles. The Labute approximate surface area is 428 Å². The molecule has 0 spiro atoms. The minimum absolute atomic E-state index is 0.959. The highest BCUT2D eigenvalue weighted by Crippen LogP contribution is 2.52. The van der Waals surface area contributed by atoms with Crippen LogP contribution in [0.5, 0.6) is 0 Å². The number of nitrogens with zero attached hydrogens (tertiary/aromatic N) is 5. The molecular weight excluding hydrogens is 911 g/mol. The standard InChI is InChI=1S/C70H39N5/c1-5-16-40(17-6-1)45-30-53-51-36-59(42-20-9-3-10-21-42)71-38-63(51)74-67(53)55(32-45)57-35-58-56-33-46(41-18-7-2-8-19-41)31-54-52-37-60(43-22-11-4-12-23-43)72-39-64(52)75(68(54)56)70(58)65(69(57)74)44-28-29-48-50-26-15-25-49-47-24-13-14-27-61(47)73(66(49)50)62(48)34-44/h1-39H. The van der Waals surface area contributed by atoms with Crippen LogP contribution in [-0.2, 0) is 0 Å². The molecule has 0 bridgehead atoms. The summed E-state index contributed by atoms with van der Waals surface area (Å²) in [5, 5.41) is 14.7. The summed E-state index contributed by atoms with van der Waals surface area (Å²) in [5.41, 5.74) is 21.8. The summed E-state index contributed by atoms with van der Waals surface area (Å²) in [4.78, 5) is 10.6. The van der Waals surface area contributed by atoms with E-state index in [2.05, 4.69) is 250 Å². The van der Waals surface area contributed by atoms with Crippen LogP contribution in [0.2, 0.25) is 0 Å². The lowest BCUT2D eigenvalue weighted by Crippen LogP contribution is -1.93. The minimum Gasteiger partial charge on any atom is -0.308 e. The van der Waals surface area contributed by atoms with Crippen LogP contribution < -0.4 is 0 Å². The molecule has 0 radical (unpaired) electrons. The maximum Gasteiger partial charge on any atom is 0.0725 e. The molecule has 18 rings (SSSR count). The van der Waals surface area contributed by atoms with E-state index in [-0.39, 0.29) is 0 Å². The smallest absolute Gasteiger partial charge is 0.0725 e. The Hall–Kier alpha value is -10.1. The molecule has 18 aromatic rings. The SMILES string of the molecule is c1ccc(-c2cc3c4cc(-c5ccccc5)ncc4n4c5c(-c6ccc7c8cccc9c%10ccccc%10n(c7c6)c98)c6c(cc5c(c2)c34)c2cc(-c3ccccc3)cc3c4cc(-c5ccccc5)ncc4n6c32)cc1. The third kappa shape index (κ3) is 5.16. The van der Waals surface area contributed by atoms with Gasteiger partial charge in [-0.05, 0) is 82.4 Å². The zero-order chi connectivity index (χ0) is 48.6. The molecule has 0 amide bonds. The number of fused-ring (bicyclic) bond motifs is 18. The van der Waals surface area contributed by atoms with E-state index in [0.717, 1.165) is 39.1 Å². The Morgan fingerprint density at radius 1 is 0.213 bits per heavy atom. The molecule has 0 aliphatic rings. The van der Waals surface area contributed by atoms with Gasteiger partial charge >= 0.3 is 0 Å². The lowest BCUT2D eigenvalue weighted by atomic mass is 9.94. The second kappa shape index (κ2) is 14.3. The number of aromatic nitrogens is 5. The fraction of sp³-hybridized carbons (Fsp3) is 0. The first-order valence-corrected chi connectivity index (χ1v) is 25.8. The van der Waals surface area contributed by atoms with Gasteiger partial charge in [0.25, 0.3) is 0 Å². The monoisotopic (exact) mass is 949 g/mol. The molecule has 8 heterocycles. The van der Waals surface area contributed by atoms with Crippen molar-refractivity contribution < 1.29 is 0 Å². The topological polar surface area (TPSA) is 39.0 Å². The molecule has 75 heavy (non-hydrogen) atoms. The van der Waals surface area contributed by atoms with Gasteiger partial charge in [-0.15, -0.1) is 0 Å². The maximum atomic E-state index is 5.28. The van der Waals surface area contributed by atoms with Crippen molar-refractivity contribution >= 4 is 114 Å². The maximum absolute atomic E-state index is 5.28. The second-order valence-electron chi connectivity index (χ2n) is 20.5. The second-order valence-corrected chi connectivity index (χ2v) is 20.5. The summed E-state index contributed by atoms with van der Waals surface area (Å²) in [6, 6.07) is 82.7.